The summed E-state index contributed by atoms with van der Waals surface area (Å²) in [5, 5.41) is 3.57. The van der Waals surface area contributed by atoms with E-state index in [1.807, 2.05) is 0 Å². The standard InChI is InChI=1S/C10H18FN/c1-7-2-3-8-6-9(11)4-5-10(8)12-7/h7-10,12H,2-6H2,1H3. The molecular weight excluding hydrogens is 153 g/mol. The molecular formula is C10H18FN. The third-order valence-corrected chi connectivity index (χ3v) is 3.39. The largest absolute Gasteiger partial charge is 0.311 e. The van der Waals surface area contributed by atoms with Gasteiger partial charge in [-0.15, -0.1) is 0 Å². The maximum atomic E-state index is 13.0. The number of alkyl halides is 1. The van der Waals surface area contributed by atoms with Gasteiger partial charge in [-0.1, -0.05) is 0 Å². The van der Waals surface area contributed by atoms with Crippen LogP contribution >= 0.6 is 0 Å². The molecule has 2 fully saturated rings. The predicted octanol–water partition coefficient (Wildman–Crippen LogP) is 2.27. The number of rotatable bonds is 0. The Morgan fingerprint density at radius 3 is 2.83 bits per heavy atom. The van der Waals surface area contributed by atoms with Crippen molar-refractivity contribution in [1.29, 1.82) is 0 Å². The van der Waals surface area contributed by atoms with Crippen molar-refractivity contribution in [3.05, 3.63) is 0 Å². The first-order valence-electron chi connectivity index (χ1n) is 5.16. The molecule has 70 valence electrons. The van der Waals surface area contributed by atoms with E-state index in [0.717, 1.165) is 19.3 Å². The summed E-state index contributed by atoms with van der Waals surface area (Å²) in [6.07, 6.45) is 4.59. The van der Waals surface area contributed by atoms with Crippen molar-refractivity contribution >= 4 is 0 Å². The van der Waals surface area contributed by atoms with E-state index in [-0.39, 0.29) is 0 Å². The minimum Gasteiger partial charge on any atom is -0.311 e. The van der Waals surface area contributed by atoms with Crippen molar-refractivity contribution in [2.24, 2.45) is 5.92 Å². The van der Waals surface area contributed by atoms with Crippen LogP contribution in [-0.2, 0) is 0 Å². The zero-order valence-electron chi connectivity index (χ0n) is 7.72. The molecule has 0 aromatic rings. The molecule has 2 heteroatoms. The van der Waals surface area contributed by atoms with E-state index in [9.17, 15) is 4.39 Å². The zero-order chi connectivity index (χ0) is 8.55. The second kappa shape index (κ2) is 3.33. The van der Waals surface area contributed by atoms with E-state index >= 15 is 0 Å². The summed E-state index contributed by atoms with van der Waals surface area (Å²) in [5.41, 5.74) is 0. The van der Waals surface area contributed by atoms with Crippen LogP contribution in [0.25, 0.3) is 0 Å². The van der Waals surface area contributed by atoms with Gasteiger partial charge in [0.15, 0.2) is 0 Å². The molecule has 0 radical (unpaired) electrons. The second-order valence-electron chi connectivity index (χ2n) is 4.42. The zero-order valence-corrected chi connectivity index (χ0v) is 7.72. The fourth-order valence-corrected chi connectivity index (χ4v) is 2.66. The Morgan fingerprint density at radius 2 is 2.00 bits per heavy atom. The smallest absolute Gasteiger partial charge is 0.100 e. The summed E-state index contributed by atoms with van der Waals surface area (Å²) in [4.78, 5) is 0. The first-order chi connectivity index (χ1) is 5.75. The Hall–Kier alpha value is -0.110. The van der Waals surface area contributed by atoms with Crippen molar-refractivity contribution < 1.29 is 4.39 Å². The molecule has 1 saturated carbocycles. The molecule has 0 aromatic heterocycles. The fraction of sp³-hybridized carbons (Fsp3) is 1.00. The van der Waals surface area contributed by atoms with E-state index in [1.165, 1.54) is 12.8 Å². The van der Waals surface area contributed by atoms with Gasteiger partial charge >= 0.3 is 0 Å². The maximum absolute atomic E-state index is 13.0. The van der Waals surface area contributed by atoms with Gasteiger partial charge in [-0.2, -0.15) is 0 Å². The molecule has 12 heavy (non-hydrogen) atoms. The molecule has 1 aliphatic carbocycles. The summed E-state index contributed by atoms with van der Waals surface area (Å²) < 4.78 is 13.0. The van der Waals surface area contributed by atoms with Gasteiger partial charge in [-0.05, 0) is 44.9 Å². The molecule has 1 aliphatic heterocycles. The van der Waals surface area contributed by atoms with Gasteiger partial charge in [0.2, 0.25) is 0 Å². The highest BCUT2D eigenvalue weighted by atomic mass is 19.1. The van der Waals surface area contributed by atoms with Crippen LogP contribution in [0.4, 0.5) is 4.39 Å². The quantitative estimate of drug-likeness (QED) is 0.589. The lowest BCUT2D eigenvalue weighted by Gasteiger charge is -2.40. The molecule has 0 bridgehead atoms. The topological polar surface area (TPSA) is 12.0 Å². The Morgan fingerprint density at radius 1 is 1.17 bits per heavy atom. The van der Waals surface area contributed by atoms with Gasteiger partial charge in [0, 0.05) is 12.1 Å². The Kier molecular flexibility index (Phi) is 2.35. The van der Waals surface area contributed by atoms with Crippen molar-refractivity contribution in [1.82, 2.24) is 5.32 Å². The number of hydrogen-bond donors (Lipinski definition) is 1. The van der Waals surface area contributed by atoms with Crippen LogP contribution in [0.2, 0.25) is 0 Å². The lowest BCUT2D eigenvalue weighted by atomic mass is 9.77. The van der Waals surface area contributed by atoms with E-state index in [4.69, 9.17) is 0 Å². The van der Waals surface area contributed by atoms with Crippen LogP contribution in [-0.4, -0.2) is 18.3 Å². The molecule has 1 heterocycles. The summed E-state index contributed by atoms with van der Waals surface area (Å²) in [6.45, 7) is 2.23. The second-order valence-corrected chi connectivity index (χ2v) is 4.42. The number of nitrogens with one attached hydrogen (secondary N) is 1. The van der Waals surface area contributed by atoms with Crippen LogP contribution in [0, 0.1) is 5.92 Å². The minimum atomic E-state index is -0.513. The maximum Gasteiger partial charge on any atom is 0.100 e. The molecule has 1 nitrogen and oxygen atoms in total. The van der Waals surface area contributed by atoms with Gasteiger partial charge in [0.25, 0.3) is 0 Å². The first-order valence-corrected chi connectivity index (χ1v) is 5.16. The van der Waals surface area contributed by atoms with Gasteiger partial charge in [-0.25, -0.2) is 4.39 Å². The lowest BCUT2D eigenvalue weighted by molar-refractivity contribution is 0.118. The SMILES string of the molecule is CC1CCC2CC(F)CCC2N1. The average molecular weight is 171 g/mol. The summed E-state index contributed by atoms with van der Waals surface area (Å²) in [6, 6.07) is 1.28. The summed E-state index contributed by atoms with van der Waals surface area (Å²) in [7, 11) is 0. The number of hydrogen-bond acceptors (Lipinski definition) is 1. The highest BCUT2D eigenvalue weighted by Gasteiger charge is 2.33. The molecule has 4 atom stereocenters. The third-order valence-electron chi connectivity index (χ3n) is 3.39. The molecule has 2 rings (SSSR count). The summed E-state index contributed by atoms with van der Waals surface area (Å²) in [5.74, 6) is 0.630. The number of fused-ring (bicyclic) bond motifs is 1. The highest BCUT2D eigenvalue weighted by Crippen LogP contribution is 2.33. The summed E-state index contributed by atoms with van der Waals surface area (Å²) >= 11 is 0. The number of piperidine rings is 1. The molecule has 2 aliphatic rings. The van der Waals surface area contributed by atoms with Crippen molar-refractivity contribution in [3.8, 4) is 0 Å². The van der Waals surface area contributed by atoms with E-state index in [2.05, 4.69) is 12.2 Å². The van der Waals surface area contributed by atoms with E-state index < -0.39 is 6.17 Å². The normalized spacial score (nSPS) is 48.5. The van der Waals surface area contributed by atoms with Crippen LogP contribution in [0.1, 0.15) is 39.0 Å². The Labute approximate surface area is 73.7 Å². The fourth-order valence-electron chi connectivity index (χ4n) is 2.66. The van der Waals surface area contributed by atoms with E-state index in [1.54, 1.807) is 0 Å². The van der Waals surface area contributed by atoms with Crippen LogP contribution in [0.5, 0.6) is 0 Å². The Bertz CT molecular complexity index is 142. The monoisotopic (exact) mass is 171 g/mol. The molecule has 1 saturated heterocycles. The lowest BCUT2D eigenvalue weighted by Crippen LogP contribution is -2.49. The molecule has 1 N–H and O–H groups in total. The van der Waals surface area contributed by atoms with Crippen molar-refractivity contribution in [2.45, 2.75) is 57.3 Å². The van der Waals surface area contributed by atoms with Gasteiger partial charge in [-0.3, -0.25) is 0 Å². The Balaban J connectivity index is 1.94. The van der Waals surface area contributed by atoms with Gasteiger partial charge < -0.3 is 5.32 Å². The van der Waals surface area contributed by atoms with E-state index in [0.29, 0.717) is 18.0 Å². The van der Waals surface area contributed by atoms with Crippen molar-refractivity contribution in [2.75, 3.05) is 0 Å². The molecule has 0 amide bonds. The minimum absolute atomic E-state index is 0.513. The predicted molar refractivity (Wildman–Crippen MR) is 47.9 cm³/mol. The van der Waals surface area contributed by atoms with Crippen LogP contribution in [0.3, 0.4) is 0 Å². The average Bonchev–Trinajstić information content (AvgIpc) is 2.05. The molecule has 0 spiro atoms. The van der Waals surface area contributed by atoms with Crippen LogP contribution < -0.4 is 5.32 Å². The van der Waals surface area contributed by atoms with Crippen LogP contribution in [0.15, 0.2) is 0 Å². The highest BCUT2D eigenvalue weighted by molar-refractivity contribution is 4.90. The van der Waals surface area contributed by atoms with Crippen molar-refractivity contribution in [3.63, 3.8) is 0 Å². The molecule has 0 aromatic carbocycles. The van der Waals surface area contributed by atoms with Gasteiger partial charge in [0.05, 0.1) is 0 Å². The molecule has 4 unspecified atom stereocenters. The first kappa shape index (κ1) is 8.49. The number of halogens is 1. The van der Waals surface area contributed by atoms with Gasteiger partial charge in [0.1, 0.15) is 6.17 Å². The third kappa shape index (κ3) is 1.63.